The Morgan fingerprint density at radius 1 is 1.12 bits per heavy atom. The van der Waals surface area contributed by atoms with Gasteiger partial charge in [-0.2, -0.15) is 0 Å². The predicted octanol–water partition coefficient (Wildman–Crippen LogP) is 3.58. The van der Waals surface area contributed by atoms with Crippen molar-refractivity contribution in [2.45, 2.75) is 19.9 Å². The maximum atomic E-state index is 11.9. The Bertz CT molecular complexity index is 692. The minimum absolute atomic E-state index is 0.0413. The summed E-state index contributed by atoms with van der Waals surface area (Å²) in [5, 5.41) is 6.69. The van der Waals surface area contributed by atoms with Gasteiger partial charge in [-0.05, 0) is 55.8 Å². The summed E-state index contributed by atoms with van der Waals surface area (Å²) in [6, 6.07) is 15.1. The summed E-state index contributed by atoms with van der Waals surface area (Å²) in [4.78, 5) is 11.9. The number of carbonyl (C=O) groups excluding carboxylic acids is 1. The number of amides is 1. The molecular weight excluding hydrogens is 352 g/mol. The van der Waals surface area contributed by atoms with Crippen LogP contribution in [0, 0.1) is 0 Å². The first-order valence-electron chi connectivity index (χ1n) is 8.69. The minimum Gasteiger partial charge on any atom is -0.494 e. The average Bonchev–Trinajstić information content (AvgIpc) is 2.65. The summed E-state index contributed by atoms with van der Waals surface area (Å²) < 4.78 is 11.0. The lowest BCUT2D eigenvalue weighted by Crippen LogP contribution is -2.37. The summed E-state index contributed by atoms with van der Waals surface area (Å²) in [5.41, 5.74) is 1.05. The first-order valence-corrected chi connectivity index (χ1v) is 9.07. The van der Waals surface area contributed by atoms with E-state index in [0.29, 0.717) is 24.8 Å². The molecule has 0 aliphatic carbocycles. The molecule has 2 aromatic carbocycles. The lowest BCUT2D eigenvalue weighted by Gasteiger charge is -2.14. The molecule has 0 aliphatic heterocycles. The molecule has 0 aromatic heterocycles. The van der Waals surface area contributed by atoms with E-state index in [4.69, 9.17) is 21.1 Å². The molecule has 5 nitrogen and oxygen atoms in total. The third-order valence-electron chi connectivity index (χ3n) is 3.75. The van der Waals surface area contributed by atoms with Crippen LogP contribution in [-0.4, -0.2) is 32.2 Å². The van der Waals surface area contributed by atoms with Crippen molar-refractivity contribution in [3.63, 3.8) is 0 Å². The average molecular weight is 377 g/mol. The van der Waals surface area contributed by atoms with Crippen LogP contribution in [0.1, 0.15) is 25.5 Å². The molecule has 0 unspecified atom stereocenters. The number of nitrogens with one attached hydrogen (secondary N) is 2. The second kappa shape index (κ2) is 10.7. The van der Waals surface area contributed by atoms with Crippen LogP contribution in [0.5, 0.6) is 11.5 Å². The monoisotopic (exact) mass is 376 g/mol. The molecule has 2 N–H and O–H groups in total. The molecule has 0 fully saturated rings. The van der Waals surface area contributed by atoms with Gasteiger partial charge in [-0.25, -0.2) is 0 Å². The first kappa shape index (κ1) is 20.1. The Labute approximate surface area is 159 Å². The zero-order chi connectivity index (χ0) is 18.8. The van der Waals surface area contributed by atoms with Crippen molar-refractivity contribution in [2.24, 2.45) is 0 Å². The minimum atomic E-state index is -0.0748. The fourth-order valence-corrected chi connectivity index (χ4v) is 2.56. The van der Waals surface area contributed by atoms with Crippen LogP contribution < -0.4 is 20.1 Å². The standard InChI is InChI=1S/C20H25ClN2O3/c1-3-25-18-7-9-19(10-8-18)26-12-11-22-20(24)14-23-15(2)16-5-4-6-17(21)13-16/h4-10,13,15,23H,3,11-12,14H2,1-2H3,(H,22,24)/t15-/m0/s1. The molecule has 26 heavy (non-hydrogen) atoms. The molecule has 0 heterocycles. The highest BCUT2D eigenvalue weighted by molar-refractivity contribution is 6.30. The van der Waals surface area contributed by atoms with E-state index < -0.39 is 0 Å². The zero-order valence-electron chi connectivity index (χ0n) is 15.1. The Kier molecular flexibility index (Phi) is 8.25. The molecule has 0 bridgehead atoms. The molecule has 1 atom stereocenters. The van der Waals surface area contributed by atoms with Gasteiger partial charge in [0, 0.05) is 11.1 Å². The molecule has 6 heteroatoms. The number of benzene rings is 2. The Morgan fingerprint density at radius 2 is 1.81 bits per heavy atom. The van der Waals surface area contributed by atoms with E-state index in [1.165, 1.54) is 0 Å². The fourth-order valence-electron chi connectivity index (χ4n) is 2.36. The van der Waals surface area contributed by atoms with Gasteiger partial charge >= 0.3 is 0 Å². The van der Waals surface area contributed by atoms with Gasteiger partial charge in [-0.15, -0.1) is 0 Å². The maximum Gasteiger partial charge on any atom is 0.234 e. The largest absolute Gasteiger partial charge is 0.494 e. The first-order chi connectivity index (χ1) is 12.6. The van der Waals surface area contributed by atoms with Crippen LogP contribution in [0.25, 0.3) is 0 Å². The van der Waals surface area contributed by atoms with Gasteiger partial charge in [0.25, 0.3) is 0 Å². The molecule has 2 aromatic rings. The SMILES string of the molecule is CCOc1ccc(OCCNC(=O)CN[C@@H](C)c2cccc(Cl)c2)cc1. The molecule has 1 amide bonds. The van der Waals surface area contributed by atoms with Crippen LogP contribution in [0.15, 0.2) is 48.5 Å². The molecule has 0 radical (unpaired) electrons. The van der Waals surface area contributed by atoms with Gasteiger partial charge in [-0.3, -0.25) is 4.79 Å². The highest BCUT2D eigenvalue weighted by Crippen LogP contribution is 2.18. The second-order valence-electron chi connectivity index (χ2n) is 5.76. The summed E-state index contributed by atoms with van der Waals surface area (Å²) in [7, 11) is 0. The smallest absolute Gasteiger partial charge is 0.234 e. The predicted molar refractivity (Wildman–Crippen MR) is 104 cm³/mol. The summed E-state index contributed by atoms with van der Waals surface area (Å²) >= 11 is 5.98. The molecular formula is C20H25ClN2O3. The van der Waals surface area contributed by atoms with Gasteiger partial charge in [0.15, 0.2) is 0 Å². The van der Waals surface area contributed by atoms with Crippen LogP contribution in [0.3, 0.4) is 0 Å². The van der Waals surface area contributed by atoms with Crippen LogP contribution in [-0.2, 0) is 4.79 Å². The van der Waals surface area contributed by atoms with Crippen LogP contribution >= 0.6 is 11.6 Å². The third kappa shape index (κ3) is 6.94. The second-order valence-corrected chi connectivity index (χ2v) is 6.20. The van der Waals surface area contributed by atoms with Gasteiger partial charge in [-0.1, -0.05) is 23.7 Å². The topological polar surface area (TPSA) is 59.6 Å². The van der Waals surface area contributed by atoms with Gasteiger partial charge in [0.1, 0.15) is 18.1 Å². The van der Waals surface area contributed by atoms with Crippen LogP contribution in [0.4, 0.5) is 0 Å². The van der Waals surface area contributed by atoms with E-state index in [1.807, 2.05) is 62.4 Å². The van der Waals surface area contributed by atoms with Gasteiger partial charge in [0.2, 0.25) is 5.91 Å². The van der Waals surface area contributed by atoms with Crippen molar-refractivity contribution in [3.05, 3.63) is 59.1 Å². The van der Waals surface area contributed by atoms with Crippen molar-refractivity contribution in [3.8, 4) is 11.5 Å². The normalized spacial score (nSPS) is 11.7. The number of hydrogen-bond donors (Lipinski definition) is 2. The van der Waals surface area contributed by atoms with E-state index in [0.717, 1.165) is 17.1 Å². The number of ether oxygens (including phenoxy) is 2. The van der Waals surface area contributed by atoms with Gasteiger partial charge < -0.3 is 20.1 Å². The molecule has 0 aliphatic rings. The highest BCUT2D eigenvalue weighted by atomic mass is 35.5. The summed E-state index contributed by atoms with van der Waals surface area (Å²) in [5.74, 6) is 1.48. The molecule has 2 rings (SSSR count). The van der Waals surface area contributed by atoms with Crippen molar-refractivity contribution >= 4 is 17.5 Å². The number of carbonyl (C=O) groups is 1. The number of hydrogen-bond acceptors (Lipinski definition) is 4. The molecule has 0 saturated carbocycles. The molecule has 140 valence electrons. The maximum absolute atomic E-state index is 11.9. The third-order valence-corrected chi connectivity index (χ3v) is 3.98. The summed E-state index contributed by atoms with van der Waals surface area (Å²) in [6.45, 7) is 5.65. The van der Waals surface area contributed by atoms with Crippen LogP contribution in [0.2, 0.25) is 5.02 Å². The Hall–Kier alpha value is -2.24. The van der Waals surface area contributed by atoms with Crippen molar-refractivity contribution in [1.82, 2.24) is 10.6 Å². The molecule has 0 spiro atoms. The number of halogens is 1. The van der Waals surface area contributed by atoms with E-state index in [2.05, 4.69) is 10.6 Å². The van der Waals surface area contributed by atoms with E-state index in [9.17, 15) is 4.79 Å². The van der Waals surface area contributed by atoms with E-state index in [-0.39, 0.29) is 18.5 Å². The van der Waals surface area contributed by atoms with Crippen molar-refractivity contribution in [1.29, 1.82) is 0 Å². The Balaban J connectivity index is 1.62. The highest BCUT2D eigenvalue weighted by Gasteiger charge is 2.08. The Morgan fingerprint density at radius 3 is 2.46 bits per heavy atom. The number of rotatable bonds is 10. The van der Waals surface area contributed by atoms with E-state index >= 15 is 0 Å². The summed E-state index contributed by atoms with van der Waals surface area (Å²) in [6.07, 6.45) is 0. The van der Waals surface area contributed by atoms with Crippen molar-refractivity contribution in [2.75, 3.05) is 26.3 Å². The van der Waals surface area contributed by atoms with E-state index in [1.54, 1.807) is 0 Å². The van der Waals surface area contributed by atoms with Gasteiger partial charge in [0.05, 0.1) is 19.7 Å². The lowest BCUT2D eigenvalue weighted by atomic mass is 10.1. The van der Waals surface area contributed by atoms with Crippen molar-refractivity contribution < 1.29 is 14.3 Å². The molecule has 0 saturated heterocycles. The fraction of sp³-hybridized carbons (Fsp3) is 0.350. The lowest BCUT2D eigenvalue weighted by molar-refractivity contribution is -0.120. The quantitative estimate of drug-likeness (QED) is 0.622. The zero-order valence-corrected chi connectivity index (χ0v) is 15.9.